The van der Waals surface area contributed by atoms with Crippen LogP contribution in [-0.4, -0.2) is 38.4 Å². The lowest BCUT2D eigenvalue weighted by Gasteiger charge is -2.27. The van der Waals surface area contributed by atoms with Crippen molar-refractivity contribution in [1.29, 1.82) is 0 Å². The van der Waals surface area contributed by atoms with Crippen molar-refractivity contribution in [2.24, 2.45) is 0 Å². The van der Waals surface area contributed by atoms with E-state index < -0.39 is 11.3 Å². The lowest BCUT2D eigenvalue weighted by Crippen LogP contribution is -2.30. The fraction of sp³-hybridized carbons (Fsp3) is 0.333. The second kappa shape index (κ2) is 8.77. The molecule has 0 amide bonds. The maximum atomic E-state index is 10.6. The maximum Gasteiger partial charge on any atom is 0.147 e. The number of benzene rings is 2. The highest BCUT2D eigenvalue weighted by molar-refractivity contribution is 7.77. The molecule has 3 aromatic rings. The zero-order valence-corrected chi connectivity index (χ0v) is 16.5. The number of hydrogen-bond acceptors (Lipinski definition) is 5. The predicted octanol–water partition coefficient (Wildman–Crippen LogP) is 3.21. The lowest BCUT2D eigenvalue weighted by molar-refractivity contribution is 0.523. The van der Waals surface area contributed by atoms with Gasteiger partial charge in [0, 0.05) is 30.9 Å². The van der Waals surface area contributed by atoms with E-state index in [0.29, 0.717) is 13.0 Å². The van der Waals surface area contributed by atoms with E-state index >= 15 is 0 Å². The molecule has 1 atom stereocenters. The summed E-state index contributed by atoms with van der Waals surface area (Å²) in [7, 11) is 0. The molecule has 1 fully saturated rings. The zero-order chi connectivity index (χ0) is 19.3. The highest BCUT2D eigenvalue weighted by Crippen LogP contribution is 2.26. The summed E-state index contributed by atoms with van der Waals surface area (Å²) >= 11 is -2.22. The highest BCUT2D eigenvalue weighted by atomic mass is 32.2. The molecule has 0 saturated carbocycles. The van der Waals surface area contributed by atoms with Crippen LogP contribution < -0.4 is 9.62 Å². The molecule has 1 unspecified atom stereocenters. The van der Waals surface area contributed by atoms with Crippen LogP contribution in [0.15, 0.2) is 48.7 Å². The van der Waals surface area contributed by atoms with Crippen LogP contribution in [0.1, 0.15) is 24.8 Å². The molecule has 0 radical (unpaired) electrons. The van der Waals surface area contributed by atoms with E-state index in [2.05, 4.69) is 38.9 Å². The van der Waals surface area contributed by atoms with Gasteiger partial charge in [-0.1, -0.05) is 30.3 Å². The Labute approximate surface area is 167 Å². The summed E-state index contributed by atoms with van der Waals surface area (Å²) in [5.41, 5.74) is 5.05. The Morgan fingerprint density at radius 1 is 1.04 bits per heavy atom. The van der Waals surface area contributed by atoms with Crippen molar-refractivity contribution in [3.8, 4) is 11.1 Å². The molecule has 28 heavy (non-hydrogen) atoms. The van der Waals surface area contributed by atoms with E-state index in [9.17, 15) is 8.76 Å². The van der Waals surface area contributed by atoms with Crippen molar-refractivity contribution in [3.63, 3.8) is 0 Å². The van der Waals surface area contributed by atoms with E-state index in [4.69, 9.17) is 4.98 Å². The molecule has 2 aromatic carbocycles. The lowest BCUT2D eigenvalue weighted by atomic mass is 10.0. The first kappa shape index (κ1) is 19.0. The number of aromatic nitrogens is 2. The fourth-order valence-corrected chi connectivity index (χ4v) is 3.91. The van der Waals surface area contributed by atoms with Gasteiger partial charge in [0.15, 0.2) is 0 Å². The molecule has 1 aliphatic heterocycles. The van der Waals surface area contributed by atoms with E-state index in [0.717, 1.165) is 46.6 Å². The van der Waals surface area contributed by atoms with Crippen molar-refractivity contribution < 1.29 is 8.76 Å². The number of nitrogens with zero attached hydrogens (tertiary/aromatic N) is 3. The second-order valence-corrected chi connectivity index (χ2v) is 7.82. The SMILES string of the molecule is O=S([O-])NCCc1cccc(-c2ccc3ncc(N4CCCCC4)nc3c2)c1. The molecule has 1 N–H and O–H groups in total. The van der Waals surface area contributed by atoms with Gasteiger partial charge in [-0.05, 0) is 54.5 Å². The second-order valence-electron chi connectivity index (χ2n) is 7.06. The molecule has 1 aliphatic rings. The van der Waals surface area contributed by atoms with Crippen molar-refractivity contribution in [3.05, 3.63) is 54.2 Å². The maximum absolute atomic E-state index is 10.6. The first-order valence-electron chi connectivity index (χ1n) is 9.63. The molecule has 0 aliphatic carbocycles. The average molecular weight is 396 g/mol. The van der Waals surface area contributed by atoms with Crippen molar-refractivity contribution >= 4 is 28.1 Å². The van der Waals surface area contributed by atoms with E-state index in [1.54, 1.807) is 0 Å². The van der Waals surface area contributed by atoms with Crippen LogP contribution in [0.4, 0.5) is 5.82 Å². The van der Waals surface area contributed by atoms with Gasteiger partial charge in [-0.25, -0.2) is 9.71 Å². The van der Waals surface area contributed by atoms with Crippen LogP contribution in [0.3, 0.4) is 0 Å². The number of piperidine rings is 1. The molecule has 2 heterocycles. The van der Waals surface area contributed by atoms with Crippen LogP contribution >= 0.6 is 0 Å². The number of fused-ring (bicyclic) bond motifs is 1. The van der Waals surface area contributed by atoms with Crippen molar-refractivity contribution in [1.82, 2.24) is 14.7 Å². The molecule has 0 bridgehead atoms. The van der Waals surface area contributed by atoms with Gasteiger partial charge in [0.05, 0.1) is 17.2 Å². The summed E-state index contributed by atoms with van der Waals surface area (Å²) < 4.78 is 23.6. The minimum absolute atomic E-state index is 0.391. The average Bonchev–Trinajstić information content (AvgIpc) is 2.73. The Bertz CT molecular complexity index is 989. The minimum Gasteiger partial charge on any atom is -0.760 e. The molecule has 7 heteroatoms. The Balaban J connectivity index is 1.59. The summed E-state index contributed by atoms with van der Waals surface area (Å²) in [4.78, 5) is 11.8. The van der Waals surface area contributed by atoms with Gasteiger partial charge < -0.3 is 9.45 Å². The predicted molar refractivity (Wildman–Crippen MR) is 112 cm³/mol. The quantitative estimate of drug-likeness (QED) is 0.648. The van der Waals surface area contributed by atoms with E-state index in [1.807, 2.05) is 24.4 Å². The van der Waals surface area contributed by atoms with Gasteiger partial charge in [0.25, 0.3) is 0 Å². The smallest absolute Gasteiger partial charge is 0.147 e. The van der Waals surface area contributed by atoms with Gasteiger partial charge >= 0.3 is 0 Å². The third-order valence-electron chi connectivity index (χ3n) is 5.10. The third-order valence-corrected chi connectivity index (χ3v) is 5.54. The van der Waals surface area contributed by atoms with Crippen LogP contribution in [0.25, 0.3) is 22.2 Å². The van der Waals surface area contributed by atoms with Crippen LogP contribution in [0.2, 0.25) is 0 Å². The van der Waals surface area contributed by atoms with E-state index in [-0.39, 0.29) is 0 Å². The van der Waals surface area contributed by atoms with Gasteiger partial charge in [-0.3, -0.25) is 9.19 Å². The molecule has 1 aromatic heterocycles. The summed E-state index contributed by atoms with van der Waals surface area (Å²) in [5.74, 6) is 0.954. The molecular formula is C21H23N4O2S-. The molecule has 1 saturated heterocycles. The largest absolute Gasteiger partial charge is 0.760 e. The summed E-state index contributed by atoms with van der Waals surface area (Å²) in [5, 5.41) is 0. The monoisotopic (exact) mass is 395 g/mol. The molecular weight excluding hydrogens is 372 g/mol. The zero-order valence-electron chi connectivity index (χ0n) is 15.6. The van der Waals surface area contributed by atoms with E-state index in [1.165, 1.54) is 19.3 Å². The Morgan fingerprint density at radius 2 is 1.86 bits per heavy atom. The highest BCUT2D eigenvalue weighted by Gasteiger charge is 2.13. The summed E-state index contributed by atoms with van der Waals surface area (Å²) in [6.07, 6.45) is 6.23. The molecule has 6 nitrogen and oxygen atoms in total. The minimum atomic E-state index is -2.22. The standard InChI is InChI=1S/C21H24N4O2S/c26-28(27)23-10-9-16-5-4-6-17(13-16)18-7-8-19-20(14-18)24-21(15-22-19)25-11-2-1-3-12-25/h4-8,13-15,23H,1-3,9-12H2,(H,26,27)/p-1. The van der Waals surface area contributed by atoms with Gasteiger partial charge in [0.1, 0.15) is 5.82 Å². The Kier molecular flexibility index (Phi) is 5.95. The summed E-state index contributed by atoms with van der Waals surface area (Å²) in [6.45, 7) is 2.48. The Hall–Kier alpha value is -2.35. The third kappa shape index (κ3) is 4.55. The van der Waals surface area contributed by atoms with Crippen molar-refractivity contribution in [2.75, 3.05) is 24.5 Å². The Morgan fingerprint density at radius 3 is 2.68 bits per heavy atom. The number of hydrogen-bond donors (Lipinski definition) is 1. The molecule has 146 valence electrons. The van der Waals surface area contributed by atoms with Crippen LogP contribution in [-0.2, 0) is 17.7 Å². The first-order chi connectivity index (χ1) is 13.7. The molecule has 4 rings (SSSR count). The fourth-order valence-electron chi connectivity index (χ4n) is 3.64. The molecule has 0 spiro atoms. The number of rotatable bonds is 6. The first-order valence-corrected chi connectivity index (χ1v) is 10.7. The summed E-state index contributed by atoms with van der Waals surface area (Å²) in [6, 6.07) is 14.3. The van der Waals surface area contributed by atoms with Crippen molar-refractivity contribution in [2.45, 2.75) is 25.7 Å². The van der Waals surface area contributed by atoms with Gasteiger partial charge in [-0.2, -0.15) is 0 Å². The van der Waals surface area contributed by atoms with Crippen LogP contribution in [0.5, 0.6) is 0 Å². The van der Waals surface area contributed by atoms with Crippen LogP contribution in [0, 0.1) is 0 Å². The van der Waals surface area contributed by atoms with Gasteiger partial charge in [-0.15, -0.1) is 0 Å². The number of nitrogens with one attached hydrogen (secondary N) is 1. The normalized spacial score (nSPS) is 15.7. The van der Waals surface area contributed by atoms with Gasteiger partial charge in [0.2, 0.25) is 0 Å². The number of anilines is 1. The topological polar surface area (TPSA) is 81.2 Å².